The maximum atomic E-state index is 12.7. The van der Waals surface area contributed by atoms with Crippen LogP contribution in [0.2, 0.25) is 0 Å². The van der Waals surface area contributed by atoms with E-state index in [1.165, 1.54) is 22.3 Å². The number of benzene rings is 3. The predicted octanol–water partition coefficient (Wildman–Crippen LogP) is 6.49. The Kier molecular flexibility index (Phi) is 7.40. The topological polar surface area (TPSA) is 49.6 Å². The Morgan fingerprint density at radius 1 is 0.946 bits per heavy atom. The zero-order valence-electron chi connectivity index (χ0n) is 21.5. The van der Waals surface area contributed by atoms with Gasteiger partial charge in [0.2, 0.25) is 0 Å². The van der Waals surface area contributed by atoms with Gasteiger partial charge in [-0.2, -0.15) is 5.10 Å². The number of hydrogen-bond donors (Lipinski definition) is 1. The summed E-state index contributed by atoms with van der Waals surface area (Å²) in [6, 6.07) is 24.8. The van der Waals surface area contributed by atoms with Crippen molar-refractivity contribution in [1.29, 1.82) is 0 Å². The lowest BCUT2D eigenvalue weighted by Gasteiger charge is -2.28. The van der Waals surface area contributed by atoms with Crippen molar-refractivity contribution in [2.75, 3.05) is 6.54 Å². The molecule has 37 heavy (non-hydrogen) atoms. The first kappa shape index (κ1) is 25.2. The van der Waals surface area contributed by atoms with Crippen molar-refractivity contribution < 1.29 is 4.79 Å². The highest BCUT2D eigenvalue weighted by Crippen LogP contribution is 2.30. The number of carbonyl (C=O) groups is 1. The molecule has 0 fully saturated rings. The molecule has 0 saturated heterocycles. The Morgan fingerprint density at radius 3 is 2.41 bits per heavy atom. The predicted molar refractivity (Wildman–Crippen MR) is 153 cm³/mol. The number of halogens is 1. The Balaban J connectivity index is 1.23. The lowest BCUT2D eigenvalue weighted by molar-refractivity contribution is 0.0955. The summed E-state index contributed by atoms with van der Waals surface area (Å²) in [6.07, 6.45) is 2.79. The number of aryl methyl sites for hydroxylation is 1. The number of nitrogens with zero attached hydrogens (tertiary/aromatic N) is 3. The SMILES string of the molecule is Cc1ccccc1-n1c(C)c(Br)c(/C=N\NC(=O)c2ccc(CN3CCc4ccccc4C3)cc2)c1C. The summed E-state index contributed by atoms with van der Waals surface area (Å²) >= 11 is 3.71. The molecule has 0 unspecified atom stereocenters. The first-order valence-electron chi connectivity index (χ1n) is 12.6. The molecule has 1 amide bonds. The maximum Gasteiger partial charge on any atom is 0.271 e. The Labute approximate surface area is 227 Å². The molecule has 1 aliphatic rings. The van der Waals surface area contributed by atoms with Crippen molar-refractivity contribution in [3.63, 3.8) is 0 Å². The van der Waals surface area contributed by atoms with Crippen LogP contribution < -0.4 is 5.43 Å². The molecule has 188 valence electrons. The molecule has 0 saturated carbocycles. The fourth-order valence-corrected chi connectivity index (χ4v) is 5.65. The van der Waals surface area contributed by atoms with Crippen molar-refractivity contribution in [2.45, 2.75) is 40.3 Å². The van der Waals surface area contributed by atoms with Crippen LogP contribution in [0.25, 0.3) is 5.69 Å². The fourth-order valence-electron chi connectivity index (χ4n) is 5.08. The number of nitrogens with one attached hydrogen (secondary N) is 1. The highest BCUT2D eigenvalue weighted by molar-refractivity contribution is 9.10. The van der Waals surface area contributed by atoms with E-state index < -0.39 is 0 Å². The van der Waals surface area contributed by atoms with Gasteiger partial charge >= 0.3 is 0 Å². The van der Waals surface area contributed by atoms with Crippen LogP contribution in [-0.2, 0) is 19.5 Å². The van der Waals surface area contributed by atoms with Crippen molar-refractivity contribution >= 4 is 28.1 Å². The summed E-state index contributed by atoms with van der Waals surface area (Å²) in [4.78, 5) is 15.2. The molecule has 5 nitrogen and oxygen atoms in total. The van der Waals surface area contributed by atoms with Crippen LogP contribution in [-0.4, -0.2) is 28.1 Å². The molecular formula is C31H31BrN4O. The maximum absolute atomic E-state index is 12.7. The summed E-state index contributed by atoms with van der Waals surface area (Å²) in [6.45, 7) is 9.13. The lowest BCUT2D eigenvalue weighted by atomic mass is 9.99. The molecule has 6 heteroatoms. The number of para-hydroxylation sites is 1. The van der Waals surface area contributed by atoms with Gasteiger partial charge in [-0.25, -0.2) is 5.43 Å². The zero-order chi connectivity index (χ0) is 25.9. The number of carbonyl (C=O) groups excluding carboxylic acids is 1. The molecule has 0 radical (unpaired) electrons. The monoisotopic (exact) mass is 554 g/mol. The molecule has 5 rings (SSSR count). The van der Waals surface area contributed by atoms with E-state index in [0.717, 1.165) is 53.2 Å². The van der Waals surface area contributed by atoms with Crippen LogP contribution in [0.1, 0.15) is 49.6 Å². The van der Waals surface area contributed by atoms with Gasteiger partial charge in [0, 0.05) is 52.3 Å². The third kappa shape index (κ3) is 5.31. The van der Waals surface area contributed by atoms with Crippen LogP contribution in [0.15, 0.2) is 82.4 Å². The van der Waals surface area contributed by atoms with E-state index in [1.807, 2.05) is 36.4 Å². The average molecular weight is 556 g/mol. The van der Waals surface area contributed by atoms with Crippen molar-refractivity contribution in [1.82, 2.24) is 14.9 Å². The zero-order valence-corrected chi connectivity index (χ0v) is 23.0. The summed E-state index contributed by atoms with van der Waals surface area (Å²) in [5.41, 5.74) is 12.8. The van der Waals surface area contributed by atoms with Gasteiger partial charge in [-0.1, -0.05) is 54.6 Å². The molecule has 1 N–H and O–H groups in total. The van der Waals surface area contributed by atoms with Gasteiger partial charge in [-0.05, 0) is 83.6 Å². The standard InChI is InChI=1S/C31H31BrN4O/c1-21-8-4-7-11-29(21)36-22(2)28(30(32)23(36)3)18-33-34-31(37)26-14-12-24(13-15-26)19-35-17-16-25-9-5-6-10-27(25)20-35/h4-15,18H,16-17,19-20H2,1-3H3,(H,34,37)/b33-18-. The number of fused-ring (bicyclic) bond motifs is 1. The van der Waals surface area contributed by atoms with Crippen LogP contribution in [0, 0.1) is 20.8 Å². The highest BCUT2D eigenvalue weighted by Gasteiger charge is 2.18. The number of hydrazone groups is 1. The molecule has 1 aromatic heterocycles. The molecule has 0 bridgehead atoms. The molecule has 0 spiro atoms. The summed E-state index contributed by atoms with van der Waals surface area (Å²) in [5, 5.41) is 4.27. The van der Waals surface area contributed by atoms with Gasteiger partial charge in [-0.15, -0.1) is 0 Å². The summed E-state index contributed by atoms with van der Waals surface area (Å²) in [5.74, 6) is -0.224. The quantitative estimate of drug-likeness (QED) is 0.219. The second-order valence-electron chi connectivity index (χ2n) is 9.65. The minimum Gasteiger partial charge on any atom is -0.316 e. The van der Waals surface area contributed by atoms with E-state index in [2.05, 4.69) is 93.1 Å². The van der Waals surface area contributed by atoms with Gasteiger partial charge in [-0.3, -0.25) is 9.69 Å². The van der Waals surface area contributed by atoms with Crippen LogP contribution in [0.4, 0.5) is 0 Å². The first-order valence-corrected chi connectivity index (χ1v) is 13.4. The van der Waals surface area contributed by atoms with Gasteiger partial charge in [0.15, 0.2) is 0 Å². The molecule has 4 aromatic rings. The lowest BCUT2D eigenvalue weighted by Crippen LogP contribution is -2.30. The molecule has 0 atom stereocenters. The molecule has 3 aromatic carbocycles. The molecule has 2 heterocycles. The Hall–Kier alpha value is -3.48. The first-order chi connectivity index (χ1) is 17.9. The van der Waals surface area contributed by atoms with Crippen LogP contribution in [0.5, 0.6) is 0 Å². The molecule has 1 aliphatic heterocycles. The van der Waals surface area contributed by atoms with Crippen molar-refractivity contribution in [2.24, 2.45) is 5.10 Å². The third-order valence-corrected chi connectivity index (χ3v) is 8.16. The van der Waals surface area contributed by atoms with E-state index >= 15 is 0 Å². The second-order valence-corrected chi connectivity index (χ2v) is 10.4. The fraction of sp³-hybridized carbons (Fsp3) is 0.226. The van der Waals surface area contributed by atoms with Crippen LogP contribution in [0.3, 0.4) is 0 Å². The highest BCUT2D eigenvalue weighted by atomic mass is 79.9. The number of amides is 1. The normalized spacial score (nSPS) is 13.6. The van der Waals surface area contributed by atoms with Crippen LogP contribution >= 0.6 is 15.9 Å². The van der Waals surface area contributed by atoms with E-state index in [9.17, 15) is 4.79 Å². The molecule has 0 aliphatic carbocycles. The Bertz CT molecular complexity index is 1470. The van der Waals surface area contributed by atoms with E-state index in [-0.39, 0.29) is 5.91 Å². The Morgan fingerprint density at radius 2 is 1.65 bits per heavy atom. The summed E-state index contributed by atoms with van der Waals surface area (Å²) in [7, 11) is 0. The minimum atomic E-state index is -0.224. The number of rotatable bonds is 6. The smallest absolute Gasteiger partial charge is 0.271 e. The van der Waals surface area contributed by atoms with Gasteiger partial charge in [0.05, 0.1) is 6.21 Å². The van der Waals surface area contributed by atoms with Gasteiger partial charge in [0.25, 0.3) is 5.91 Å². The third-order valence-electron chi connectivity index (χ3n) is 7.16. The van der Waals surface area contributed by atoms with E-state index in [1.54, 1.807) is 6.21 Å². The van der Waals surface area contributed by atoms with Crippen molar-refractivity contribution in [3.05, 3.63) is 122 Å². The largest absolute Gasteiger partial charge is 0.316 e. The number of hydrogen-bond acceptors (Lipinski definition) is 3. The van der Waals surface area contributed by atoms with E-state index in [0.29, 0.717) is 5.56 Å². The van der Waals surface area contributed by atoms with Gasteiger partial charge in [0.1, 0.15) is 0 Å². The summed E-state index contributed by atoms with van der Waals surface area (Å²) < 4.78 is 3.18. The minimum absolute atomic E-state index is 0.224. The number of aromatic nitrogens is 1. The average Bonchev–Trinajstić information content (AvgIpc) is 3.12. The second kappa shape index (κ2) is 10.9. The van der Waals surface area contributed by atoms with E-state index in [4.69, 9.17) is 0 Å². The van der Waals surface area contributed by atoms with Crippen molar-refractivity contribution in [3.8, 4) is 5.69 Å². The molecular weight excluding hydrogens is 524 g/mol. The van der Waals surface area contributed by atoms with Gasteiger partial charge < -0.3 is 4.57 Å².